The molecule has 0 radical (unpaired) electrons. The molecule has 1 aliphatic carbocycles. The number of aliphatic imine (C=N–C) groups is 1. The minimum absolute atomic E-state index is 0.0341. The van der Waals surface area contributed by atoms with Crippen molar-refractivity contribution >= 4 is 40.5 Å². The Morgan fingerprint density at radius 2 is 1.86 bits per heavy atom. The lowest BCUT2D eigenvalue weighted by Crippen LogP contribution is -2.48. The van der Waals surface area contributed by atoms with Crippen LogP contribution in [0.15, 0.2) is 40.7 Å². The van der Waals surface area contributed by atoms with Crippen molar-refractivity contribution in [3.05, 3.63) is 51.7 Å². The van der Waals surface area contributed by atoms with Crippen molar-refractivity contribution in [1.29, 1.82) is 0 Å². The summed E-state index contributed by atoms with van der Waals surface area (Å²) in [6.45, 7) is 7.08. The number of carbonyl (C=O) groups is 3. The molecule has 1 aromatic heterocycles. The quantitative estimate of drug-likeness (QED) is 0.538. The van der Waals surface area contributed by atoms with Crippen LogP contribution in [-0.2, 0) is 16.1 Å². The number of para-hydroxylation sites is 1. The van der Waals surface area contributed by atoms with Crippen LogP contribution in [-0.4, -0.2) is 35.3 Å². The van der Waals surface area contributed by atoms with Gasteiger partial charge in [-0.15, -0.1) is 11.3 Å². The molecule has 1 unspecified atom stereocenters. The van der Waals surface area contributed by atoms with Gasteiger partial charge in [-0.25, -0.2) is 4.79 Å². The summed E-state index contributed by atoms with van der Waals surface area (Å²) in [5.74, 6) is -0.169. The molecule has 0 saturated heterocycles. The van der Waals surface area contributed by atoms with E-state index in [9.17, 15) is 14.4 Å². The smallest absolute Gasteiger partial charge is 0.409 e. The van der Waals surface area contributed by atoms with Gasteiger partial charge in [-0.3, -0.25) is 19.9 Å². The minimum Gasteiger partial charge on any atom is -0.444 e. The van der Waals surface area contributed by atoms with Crippen molar-refractivity contribution in [2.75, 3.05) is 4.90 Å². The number of hydrogen-bond acceptors (Lipinski definition) is 6. The van der Waals surface area contributed by atoms with Crippen molar-refractivity contribution in [1.82, 2.24) is 5.32 Å². The van der Waals surface area contributed by atoms with E-state index in [1.807, 2.05) is 35.7 Å². The number of rotatable bonds is 5. The molecule has 1 aliphatic heterocycles. The molecule has 1 saturated carbocycles. The summed E-state index contributed by atoms with van der Waals surface area (Å²) in [7, 11) is 0. The third-order valence-corrected chi connectivity index (χ3v) is 7.34. The SMILES string of the molecule is CC(=O)c1sccc1CN1C(=O)C(NC(=O)OC(C)(C)C)N=C(C2CCCCC2)c2ccccc21. The molecule has 35 heavy (non-hydrogen) atoms. The fourth-order valence-corrected chi connectivity index (χ4v) is 5.59. The molecular formula is C27H33N3O4S. The number of hydrogen-bond donors (Lipinski definition) is 1. The number of anilines is 1. The number of alkyl carbamates (subject to hydrolysis) is 1. The highest BCUT2D eigenvalue weighted by Crippen LogP contribution is 2.35. The molecule has 2 aromatic rings. The Bertz CT molecular complexity index is 1140. The minimum atomic E-state index is -1.12. The Morgan fingerprint density at radius 1 is 1.14 bits per heavy atom. The van der Waals surface area contributed by atoms with Crippen LogP contribution in [0.25, 0.3) is 0 Å². The maximum atomic E-state index is 13.9. The van der Waals surface area contributed by atoms with E-state index < -0.39 is 17.9 Å². The van der Waals surface area contributed by atoms with Crippen LogP contribution >= 0.6 is 11.3 Å². The molecule has 1 atom stereocenters. The van der Waals surface area contributed by atoms with Crippen LogP contribution in [0.4, 0.5) is 10.5 Å². The van der Waals surface area contributed by atoms with Crippen LogP contribution in [0.5, 0.6) is 0 Å². The highest BCUT2D eigenvalue weighted by atomic mass is 32.1. The molecule has 0 spiro atoms. The zero-order valence-corrected chi connectivity index (χ0v) is 21.6. The van der Waals surface area contributed by atoms with Gasteiger partial charge in [-0.2, -0.15) is 0 Å². The highest BCUT2D eigenvalue weighted by molar-refractivity contribution is 7.12. The Balaban J connectivity index is 1.77. The fraction of sp³-hybridized carbons (Fsp3) is 0.481. The number of benzodiazepines with no additional fused rings is 1. The fourth-order valence-electron chi connectivity index (χ4n) is 4.77. The Kier molecular flexibility index (Phi) is 7.40. The van der Waals surface area contributed by atoms with Crippen molar-refractivity contribution in [2.24, 2.45) is 10.9 Å². The predicted molar refractivity (Wildman–Crippen MR) is 138 cm³/mol. The van der Waals surface area contributed by atoms with Crippen molar-refractivity contribution in [3.8, 4) is 0 Å². The number of amides is 2. The molecule has 186 valence electrons. The van der Waals surface area contributed by atoms with Crippen LogP contribution in [0.2, 0.25) is 0 Å². The number of nitrogens with zero attached hydrogens (tertiary/aromatic N) is 2. The third kappa shape index (κ3) is 5.81. The first-order chi connectivity index (χ1) is 16.6. The Labute approximate surface area is 210 Å². The topological polar surface area (TPSA) is 88.1 Å². The van der Waals surface area contributed by atoms with E-state index in [1.165, 1.54) is 24.7 Å². The molecule has 2 aliphatic rings. The largest absolute Gasteiger partial charge is 0.444 e. The van der Waals surface area contributed by atoms with E-state index in [2.05, 4.69) is 5.32 Å². The number of ether oxygens (including phenoxy) is 1. The summed E-state index contributed by atoms with van der Waals surface area (Å²) in [6.07, 6.45) is 3.62. The zero-order valence-electron chi connectivity index (χ0n) is 20.8. The number of thiophene rings is 1. The van der Waals surface area contributed by atoms with Crippen LogP contribution in [0, 0.1) is 5.92 Å². The van der Waals surface area contributed by atoms with Crippen LogP contribution in [0.3, 0.4) is 0 Å². The van der Waals surface area contributed by atoms with Gasteiger partial charge in [0.15, 0.2) is 5.78 Å². The van der Waals surface area contributed by atoms with E-state index in [1.54, 1.807) is 25.7 Å². The number of Topliss-reactive ketones (excluding diaryl/α,β-unsaturated/α-hetero) is 1. The van der Waals surface area contributed by atoms with Gasteiger partial charge in [0, 0.05) is 11.5 Å². The maximum Gasteiger partial charge on any atom is 0.409 e. The first kappa shape index (κ1) is 25.1. The monoisotopic (exact) mass is 495 g/mol. The number of carbonyl (C=O) groups excluding carboxylic acids is 3. The van der Waals surface area contributed by atoms with E-state index in [0.717, 1.165) is 48.2 Å². The standard InChI is InChI=1S/C27H33N3O4S/c1-17(31)23-19(14-15-35-23)16-30-21-13-9-8-12-20(21)22(18-10-6-5-7-11-18)28-24(25(30)32)29-26(33)34-27(2,3)4/h8-9,12-15,18,24H,5-7,10-11,16H2,1-4H3,(H,29,33). The first-order valence-corrected chi connectivity index (χ1v) is 13.1. The average Bonchev–Trinajstić information content (AvgIpc) is 3.24. The number of nitrogens with one attached hydrogen (secondary N) is 1. The van der Waals surface area contributed by atoms with Gasteiger partial charge in [0.1, 0.15) is 5.60 Å². The summed E-state index contributed by atoms with van der Waals surface area (Å²) >= 11 is 1.37. The zero-order chi connectivity index (χ0) is 25.2. The molecule has 8 heteroatoms. The summed E-state index contributed by atoms with van der Waals surface area (Å²) in [5.41, 5.74) is 2.58. The molecule has 0 bridgehead atoms. The van der Waals surface area contributed by atoms with Crippen LogP contribution < -0.4 is 10.2 Å². The lowest BCUT2D eigenvalue weighted by molar-refractivity contribution is -0.120. The van der Waals surface area contributed by atoms with Crippen molar-refractivity contribution in [2.45, 2.75) is 78.1 Å². The summed E-state index contributed by atoms with van der Waals surface area (Å²) in [5, 5.41) is 4.57. The molecule has 1 fully saturated rings. The third-order valence-electron chi connectivity index (χ3n) is 6.28. The van der Waals surface area contributed by atoms with Gasteiger partial charge in [-0.1, -0.05) is 37.5 Å². The van der Waals surface area contributed by atoms with E-state index in [-0.39, 0.29) is 24.2 Å². The van der Waals surface area contributed by atoms with E-state index in [0.29, 0.717) is 4.88 Å². The number of ketones is 1. The normalized spacial score (nSPS) is 19.0. The second-order valence-electron chi connectivity index (χ2n) is 10.2. The van der Waals surface area contributed by atoms with Crippen molar-refractivity contribution < 1.29 is 19.1 Å². The lowest BCUT2D eigenvalue weighted by Gasteiger charge is -2.27. The molecule has 4 rings (SSSR count). The van der Waals surface area contributed by atoms with Gasteiger partial charge in [0.2, 0.25) is 6.17 Å². The van der Waals surface area contributed by atoms with Crippen LogP contribution in [0.1, 0.15) is 80.6 Å². The molecule has 2 heterocycles. The molecule has 7 nitrogen and oxygen atoms in total. The van der Waals surface area contributed by atoms with Gasteiger partial charge in [0.05, 0.1) is 22.8 Å². The number of benzene rings is 1. The average molecular weight is 496 g/mol. The predicted octanol–water partition coefficient (Wildman–Crippen LogP) is 5.72. The van der Waals surface area contributed by atoms with Crippen molar-refractivity contribution in [3.63, 3.8) is 0 Å². The van der Waals surface area contributed by atoms with Gasteiger partial charge >= 0.3 is 6.09 Å². The summed E-state index contributed by atoms with van der Waals surface area (Å²) in [6, 6.07) is 9.65. The Hall–Kier alpha value is -3.00. The summed E-state index contributed by atoms with van der Waals surface area (Å²) < 4.78 is 5.45. The number of fused-ring (bicyclic) bond motifs is 1. The van der Waals surface area contributed by atoms with E-state index in [4.69, 9.17) is 9.73 Å². The lowest BCUT2D eigenvalue weighted by atomic mass is 9.82. The van der Waals surface area contributed by atoms with Gasteiger partial charge < -0.3 is 9.64 Å². The van der Waals surface area contributed by atoms with Gasteiger partial charge in [-0.05, 0) is 63.6 Å². The highest BCUT2D eigenvalue weighted by Gasteiger charge is 2.36. The summed E-state index contributed by atoms with van der Waals surface area (Å²) in [4.78, 5) is 45.9. The van der Waals surface area contributed by atoms with E-state index >= 15 is 0 Å². The Morgan fingerprint density at radius 3 is 2.54 bits per heavy atom. The van der Waals surface area contributed by atoms with Gasteiger partial charge in [0.25, 0.3) is 5.91 Å². The maximum absolute atomic E-state index is 13.9. The second kappa shape index (κ2) is 10.3. The molecule has 2 amide bonds. The second-order valence-corrected chi connectivity index (χ2v) is 11.1. The molecular weight excluding hydrogens is 462 g/mol. The molecule has 1 N–H and O–H groups in total. The molecule has 1 aromatic carbocycles. The first-order valence-electron chi connectivity index (χ1n) is 12.2.